The van der Waals surface area contributed by atoms with Crippen LogP contribution in [0.15, 0.2) is 66.7 Å². The van der Waals surface area contributed by atoms with E-state index in [1.807, 2.05) is 116 Å². The van der Waals surface area contributed by atoms with E-state index in [0.29, 0.717) is 57.1 Å². The average Bonchev–Trinajstić information content (AvgIpc) is 3.28. The predicted molar refractivity (Wildman–Crippen MR) is 269 cm³/mol. The fourth-order valence-electron chi connectivity index (χ4n) is 8.27. The van der Waals surface area contributed by atoms with Crippen LogP contribution in [-0.2, 0) is 14.4 Å². The first-order chi connectivity index (χ1) is 30.4. The number of benzene rings is 3. The Kier molecular flexibility index (Phi) is 24.6. The first-order valence-electron chi connectivity index (χ1n) is 23.4. The van der Waals surface area contributed by atoms with Crippen molar-refractivity contribution in [2.45, 2.75) is 117 Å². The molecule has 2 fully saturated rings. The molecule has 0 aromatic heterocycles. The van der Waals surface area contributed by atoms with E-state index in [4.69, 9.17) is 39.5 Å². The number of carbonyl (C=O) groups excluding carboxylic acids is 3. The molecular weight excluding hydrogens is 865 g/mol. The Morgan fingerprint density at radius 1 is 0.578 bits per heavy atom. The second kappa shape index (κ2) is 28.3. The van der Waals surface area contributed by atoms with Crippen molar-refractivity contribution in [1.29, 1.82) is 0 Å². The summed E-state index contributed by atoms with van der Waals surface area (Å²) >= 11 is 18.0. The van der Waals surface area contributed by atoms with Gasteiger partial charge >= 0.3 is 0 Å². The third kappa shape index (κ3) is 18.1. The highest BCUT2D eigenvalue weighted by molar-refractivity contribution is 6.32. The van der Waals surface area contributed by atoms with E-state index < -0.39 is 0 Å². The molecule has 0 aliphatic carbocycles. The number of nitrogens with one attached hydrogen (secondary N) is 3. The van der Waals surface area contributed by atoms with Crippen LogP contribution in [0.3, 0.4) is 0 Å². The lowest BCUT2D eigenvalue weighted by Gasteiger charge is -2.34. The topological polar surface area (TPSA) is 103 Å². The Morgan fingerprint density at radius 2 is 0.938 bits per heavy atom. The van der Waals surface area contributed by atoms with Gasteiger partial charge in [-0.1, -0.05) is 121 Å². The molecule has 0 bridgehead atoms. The van der Waals surface area contributed by atoms with Crippen LogP contribution in [0.2, 0.25) is 15.1 Å². The third-order valence-corrected chi connectivity index (χ3v) is 13.3. The molecule has 0 saturated carbocycles. The fraction of sp³-hybridized carbons (Fsp3) is 0.596. The maximum atomic E-state index is 12.7. The second-order valence-electron chi connectivity index (χ2n) is 18.6. The molecule has 0 radical (unpaired) electrons. The molecule has 3 atom stereocenters. The normalized spacial score (nSPS) is 16.8. The molecule has 2 saturated heterocycles. The maximum Gasteiger partial charge on any atom is 0.144 e. The lowest BCUT2D eigenvalue weighted by molar-refractivity contribution is -0.124. The molecule has 2 aliphatic rings. The zero-order valence-corrected chi connectivity index (χ0v) is 42.8. The van der Waals surface area contributed by atoms with Crippen LogP contribution < -0.4 is 20.7 Å². The molecule has 64 heavy (non-hydrogen) atoms. The molecular formula is C52H78Cl3N5O4. The summed E-state index contributed by atoms with van der Waals surface area (Å²) in [4.78, 5) is 42.6. The maximum absolute atomic E-state index is 12.7. The summed E-state index contributed by atoms with van der Waals surface area (Å²) < 4.78 is 5.24. The van der Waals surface area contributed by atoms with Gasteiger partial charge in [0.05, 0.1) is 29.9 Å². The predicted octanol–water partition coefficient (Wildman–Crippen LogP) is 10.3. The number of piperidine rings is 2. The number of rotatable bonds is 19. The monoisotopic (exact) mass is 942 g/mol. The van der Waals surface area contributed by atoms with E-state index in [9.17, 15) is 14.4 Å². The van der Waals surface area contributed by atoms with Crippen LogP contribution in [0.5, 0.6) is 5.75 Å². The molecule has 2 heterocycles. The summed E-state index contributed by atoms with van der Waals surface area (Å²) in [5.74, 6) is 1.28. The van der Waals surface area contributed by atoms with Gasteiger partial charge in [0.25, 0.3) is 0 Å². The molecule has 5 rings (SSSR count). The molecule has 3 aromatic rings. The number of ketones is 3. The summed E-state index contributed by atoms with van der Waals surface area (Å²) in [6, 6.07) is 22.6. The molecule has 2 aliphatic heterocycles. The minimum Gasteiger partial charge on any atom is -0.495 e. The number of carbonyl (C=O) groups is 3. The summed E-state index contributed by atoms with van der Waals surface area (Å²) in [6.45, 7) is 22.4. The third-order valence-electron chi connectivity index (χ3n) is 12.5. The highest BCUT2D eigenvalue weighted by atomic mass is 35.5. The van der Waals surface area contributed by atoms with Crippen molar-refractivity contribution >= 4 is 52.2 Å². The summed E-state index contributed by atoms with van der Waals surface area (Å²) in [7, 11) is 5.63. The van der Waals surface area contributed by atoms with Gasteiger partial charge in [0.1, 0.15) is 23.1 Å². The molecule has 0 unspecified atom stereocenters. The fourth-order valence-corrected chi connectivity index (χ4v) is 8.72. The van der Waals surface area contributed by atoms with Crippen molar-refractivity contribution in [3.8, 4) is 5.75 Å². The van der Waals surface area contributed by atoms with E-state index in [2.05, 4.69) is 39.6 Å². The number of ether oxygens (including phenoxy) is 1. The Labute approximate surface area is 401 Å². The molecule has 356 valence electrons. The van der Waals surface area contributed by atoms with Crippen molar-refractivity contribution in [1.82, 2.24) is 25.8 Å². The zero-order chi connectivity index (χ0) is 47.5. The zero-order valence-electron chi connectivity index (χ0n) is 40.5. The molecule has 3 N–H and O–H groups in total. The Balaban J connectivity index is 0.000000256. The number of Topliss-reactive ketones (excluding diaryl/α,β-unsaturated/α-hetero) is 3. The van der Waals surface area contributed by atoms with Gasteiger partial charge in [0.2, 0.25) is 0 Å². The standard InChI is InChI=1S/2C18H27ClN2O.C16H24ClNO2/c2*1-13(2)18(22)17(14-4-6-15(19)7-5-14)12-21-10-8-16(20-3)9-11-21;1-10(2)16(19)13(9-18-11(3)4)12-6-7-14(17)15(8-12)20-5/h2*4-7,13,16-17,20H,8-12H2,1-3H3;6-8,10-11,13,18H,9H2,1-5H3/t2*17-;13-/m101/s1. The number of hydrogen-bond acceptors (Lipinski definition) is 9. The van der Waals surface area contributed by atoms with Crippen molar-refractivity contribution < 1.29 is 19.1 Å². The van der Waals surface area contributed by atoms with Gasteiger partial charge in [-0.25, -0.2) is 0 Å². The van der Waals surface area contributed by atoms with Gasteiger partial charge in [-0.2, -0.15) is 0 Å². The minimum absolute atomic E-state index is 0.00404. The average molecular weight is 944 g/mol. The van der Waals surface area contributed by atoms with Crippen molar-refractivity contribution in [3.05, 3.63) is 98.5 Å². The van der Waals surface area contributed by atoms with E-state index >= 15 is 0 Å². The van der Waals surface area contributed by atoms with Crippen molar-refractivity contribution in [2.75, 3.05) is 67.0 Å². The first kappa shape index (κ1) is 55.5. The lowest BCUT2D eigenvalue weighted by Crippen LogP contribution is -2.43. The number of hydrogen-bond donors (Lipinski definition) is 3. The van der Waals surface area contributed by atoms with Gasteiger partial charge in [0.15, 0.2) is 0 Å². The Hall–Kier alpha value is -2.86. The molecule has 0 spiro atoms. The lowest BCUT2D eigenvalue weighted by atomic mass is 9.88. The SMILES string of the molecule is CNC1CCN(C[C@@H](C(=O)C(C)C)c2ccc(Cl)cc2)CC1.CNC1CCN(C[C@H](C(=O)C(C)C)c2ccc(Cl)cc2)CC1.COc1cc([C@@H](CNC(C)C)C(=O)C(C)C)ccc1Cl. The van der Waals surface area contributed by atoms with Gasteiger partial charge in [0, 0.05) is 65.6 Å². The number of nitrogens with zero attached hydrogens (tertiary/aromatic N) is 2. The Bertz CT molecular complexity index is 1750. The summed E-state index contributed by atoms with van der Waals surface area (Å²) in [5, 5.41) is 12.0. The quantitative estimate of drug-likeness (QED) is 0.108. The van der Waals surface area contributed by atoms with Crippen LogP contribution in [-0.4, -0.2) is 112 Å². The Morgan fingerprint density at radius 3 is 1.27 bits per heavy atom. The van der Waals surface area contributed by atoms with Gasteiger partial charge in [-0.15, -0.1) is 0 Å². The summed E-state index contributed by atoms with van der Waals surface area (Å²) in [5.41, 5.74) is 3.11. The summed E-state index contributed by atoms with van der Waals surface area (Å²) in [6.07, 6.45) is 4.61. The van der Waals surface area contributed by atoms with Crippen LogP contribution in [0.25, 0.3) is 0 Å². The van der Waals surface area contributed by atoms with Gasteiger partial charge in [-0.05, 0) is 119 Å². The van der Waals surface area contributed by atoms with Crippen LogP contribution in [0, 0.1) is 17.8 Å². The molecule has 3 aromatic carbocycles. The second-order valence-corrected chi connectivity index (χ2v) is 19.9. The molecule has 0 amide bonds. The smallest absolute Gasteiger partial charge is 0.144 e. The van der Waals surface area contributed by atoms with Crippen LogP contribution in [0.1, 0.15) is 116 Å². The van der Waals surface area contributed by atoms with E-state index in [1.165, 1.54) is 0 Å². The van der Waals surface area contributed by atoms with Gasteiger partial charge < -0.3 is 30.5 Å². The van der Waals surface area contributed by atoms with Crippen LogP contribution in [0.4, 0.5) is 0 Å². The number of likely N-dealkylation sites (tertiary alicyclic amines) is 2. The molecule has 9 nitrogen and oxygen atoms in total. The highest BCUT2D eigenvalue weighted by Gasteiger charge is 2.29. The molecule has 12 heteroatoms. The highest BCUT2D eigenvalue weighted by Crippen LogP contribution is 2.31. The minimum atomic E-state index is -0.177. The largest absolute Gasteiger partial charge is 0.495 e. The van der Waals surface area contributed by atoms with E-state index in [1.54, 1.807) is 13.2 Å². The van der Waals surface area contributed by atoms with Crippen LogP contribution >= 0.6 is 34.8 Å². The van der Waals surface area contributed by atoms with Crippen molar-refractivity contribution in [2.24, 2.45) is 17.8 Å². The van der Waals surface area contributed by atoms with Gasteiger partial charge in [-0.3, -0.25) is 14.4 Å². The van der Waals surface area contributed by atoms with Crippen molar-refractivity contribution in [3.63, 3.8) is 0 Å². The number of methoxy groups -OCH3 is 1. The first-order valence-corrected chi connectivity index (χ1v) is 24.5. The van der Waals surface area contributed by atoms with E-state index in [0.717, 1.165) is 81.6 Å². The number of halogens is 3. The van der Waals surface area contributed by atoms with E-state index in [-0.39, 0.29) is 41.3 Å².